The van der Waals surface area contributed by atoms with Crippen LogP contribution in [0.1, 0.15) is 43.4 Å². The van der Waals surface area contributed by atoms with Gasteiger partial charge in [0.2, 0.25) is 0 Å². The van der Waals surface area contributed by atoms with Gasteiger partial charge in [0.25, 0.3) is 0 Å². The van der Waals surface area contributed by atoms with E-state index in [9.17, 15) is 0 Å². The third kappa shape index (κ3) is 5.00. The molecular formula is C19H26N2. The van der Waals surface area contributed by atoms with Crippen LogP contribution in [0.25, 0.3) is 0 Å². The Kier molecular flexibility index (Phi) is 6.45. The first kappa shape index (κ1) is 15.7. The lowest BCUT2D eigenvalue weighted by molar-refractivity contribution is 0.498. The average Bonchev–Trinajstić information content (AvgIpc) is 2.55. The fraction of sp³-hybridized carbons (Fsp3) is 0.368. The van der Waals surface area contributed by atoms with Crippen LogP contribution in [0.4, 0.5) is 0 Å². The summed E-state index contributed by atoms with van der Waals surface area (Å²) in [5, 5.41) is 3.64. The maximum absolute atomic E-state index is 6.20. The first-order valence-corrected chi connectivity index (χ1v) is 7.90. The second-order valence-electron chi connectivity index (χ2n) is 5.56. The zero-order valence-corrected chi connectivity index (χ0v) is 12.8. The van der Waals surface area contributed by atoms with Crippen molar-refractivity contribution in [2.45, 2.75) is 38.3 Å². The van der Waals surface area contributed by atoms with Crippen molar-refractivity contribution in [3.8, 4) is 0 Å². The fourth-order valence-corrected chi connectivity index (χ4v) is 2.56. The molecule has 2 aromatic carbocycles. The lowest BCUT2D eigenvalue weighted by atomic mass is 9.98. The molecule has 0 amide bonds. The number of hydrogen-bond acceptors (Lipinski definition) is 2. The molecule has 2 rings (SSSR count). The highest BCUT2D eigenvalue weighted by Gasteiger charge is 2.14. The third-order valence-electron chi connectivity index (χ3n) is 3.78. The van der Waals surface area contributed by atoms with Crippen LogP contribution in [-0.2, 0) is 0 Å². The van der Waals surface area contributed by atoms with Gasteiger partial charge in [0, 0.05) is 12.6 Å². The smallest absolute Gasteiger partial charge is 0.0577 e. The first-order valence-electron chi connectivity index (χ1n) is 7.90. The molecule has 1 atom stereocenters. The van der Waals surface area contributed by atoms with E-state index in [4.69, 9.17) is 5.73 Å². The van der Waals surface area contributed by atoms with E-state index in [1.807, 2.05) is 0 Å². The summed E-state index contributed by atoms with van der Waals surface area (Å²) in [5.41, 5.74) is 8.77. The van der Waals surface area contributed by atoms with Gasteiger partial charge in [-0.2, -0.15) is 0 Å². The van der Waals surface area contributed by atoms with Gasteiger partial charge in [0.15, 0.2) is 0 Å². The Hall–Kier alpha value is -1.64. The van der Waals surface area contributed by atoms with Crippen LogP contribution in [-0.4, -0.2) is 12.6 Å². The molecule has 3 N–H and O–H groups in total. The Morgan fingerprint density at radius 1 is 0.905 bits per heavy atom. The zero-order valence-electron chi connectivity index (χ0n) is 12.8. The van der Waals surface area contributed by atoms with E-state index in [0.29, 0.717) is 0 Å². The molecule has 0 radical (unpaired) electrons. The summed E-state index contributed by atoms with van der Waals surface area (Å²) in [5.74, 6) is 0. The predicted octanol–water partition coefficient (Wildman–Crippen LogP) is 3.88. The summed E-state index contributed by atoms with van der Waals surface area (Å²) >= 11 is 0. The van der Waals surface area contributed by atoms with Crippen molar-refractivity contribution in [3.05, 3.63) is 71.8 Å². The highest BCUT2D eigenvalue weighted by Crippen LogP contribution is 2.21. The van der Waals surface area contributed by atoms with Crippen LogP contribution in [0.15, 0.2) is 60.7 Å². The lowest BCUT2D eigenvalue weighted by Crippen LogP contribution is -2.36. The van der Waals surface area contributed by atoms with Crippen molar-refractivity contribution in [2.24, 2.45) is 5.73 Å². The van der Waals surface area contributed by atoms with E-state index < -0.39 is 0 Å². The molecule has 0 spiro atoms. The largest absolute Gasteiger partial charge is 0.327 e. The van der Waals surface area contributed by atoms with Gasteiger partial charge in [-0.3, -0.25) is 0 Å². The van der Waals surface area contributed by atoms with Crippen molar-refractivity contribution >= 4 is 0 Å². The summed E-state index contributed by atoms with van der Waals surface area (Å²) in [6.45, 7) is 3.05. The van der Waals surface area contributed by atoms with Crippen LogP contribution in [0, 0.1) is 0 Å². The second-order valence-corrected chi connectivity index (χ2v) is 5.56. The molecule has 0 unspecified atom stereocenters. The normalized spacial score (nSPS) is 12.5. The van der Waals surface area contributed by atoms with E-state index in [2.05, 4.69) is 72.9 Å². The van der Waals surface area contributed by atoms with E-state index in [0.717, 1.165) is 13.0 Å². The van der Waals surface area contributed by atoms with Crippen molar-refractivity contribution in [1.29, 1.82) is 0 Å². The minimum Gasteiger partial charge on any atom is -0.327 e. The molecule has 112 valence electrons. The Morgan fingerprint density at radius 3 is 1.90 bits per heavy atom. The topological polar surface area (TPSA) is 38.0 Å². The van der Waals surface area contributed by atoms with Crippen LogP contribution >= 0.6 is 0 Å². The lowest BCUT2D eigenvalue weighted by Gasteiger charge is -2.22. The van der Waals surface area contributed by atoms with E-state index in [1.54, 1.807) is 0 Å². The van der Waals surface area contributed by atoms with Gasteiger partial charge >= 0.3 is 0 Å². The highest BCUT2D eigenvalue weighted by molar-refractivity contribution is 5.31. The monoisotopic (exact) mass is 282 g/mol. The summed E-state index contributed by atoms with van der Waals surface area (Å²) in [6, 6.07) is 21.6. The van der Waals surface area contributed by atoms with Gasteiger partial charge in [-0.1, -0.05) is 80.4 Å². The standard InChI is InChI=1S/C19H26N2/c1-2-3-14-18(20)15-21-19(16-10-6-4-7-11-16)17-12-8-5-9-13-17/h4-13,18-19,21H,2-3,14-15,20H2,1H3/t18-/m1/s1. The van der Waals surface area contributed by atoms with E-state index in [1.165, 1.54) is 24.0 Å². The maximum atomic E-state index is 6.20. The summed E-state index contributed by atoms with van der Waals surface area (Å²) < 4.78 is 0. The molecular weight excluding hydrogens is 256 g/mol. The SMILES string of the molecule is CCCC[C@@H](N)CNC(c1ccccc1)c1ccccc1. The predicted molar refractivity (Wildman–Crippen MR) is 90.2 cm³/mol. The number of nitrogens with two attached hydrogens (primary N) is 1. The zero-order chi connectivity index (χ0) is 14.9. The first-order chi connectivity index (χ1) is 10.3. The molecule has 21 heavy (non-hydrogen) atoms. The molecule has 0 aliphatic rings. The number of nitrogens with one attached hydrogen (secondary N) is 1. The number of benzene rings is 2. The van der Waals surface area contributed by atoms with Gasteiger partial charge in [-0.25, -0.2) is 0 Å². The van der Waals surface area contributed by atoms with Crippen LogP contribution < -0.4 is 11.1 Å². The van der Waals surface area contributed by atoms with Crippen LogP contribution in [0.5, 0.6) is 0 Å². The van der Waals surface area contributed by atoms with Crippen molar-refractivity contribution in [3.63, 3.8) is 0 Å². The van der Waals surface area contributed by atoms with Gasteiger partial charge in [0.05, 0.1) is 6.04 Å². The molecule has 0 saturated heterocycles. The Bertz CT molecular complexity index is 456. The molecule has 0 aliphatic heterocycles. The summed E-state index contributed by atoms with van der Waals surface area (Å²) in [6.07, 6.45) is 3.48. The second kappa shape index (κ2) is 8.60. The van der Waals surface area contributed by atoms with Crippen LogP contribution in [0.2, 0.25) is 0 Å². The van der Waals surface area contributed by atoms with Crippen molar-refractivity contribution < 1.29 is 0 Å². The fourth-order valence-electron chi connectivity index (χ4n) is 2.56. The minimum atomic E-state index is 0.208. The van der Waals surface area contributed by atoms with Gasteiger partial charge in [-0.05, 0) is 17.5 Å². The number of hydrogen-bond donors (Lipinski definition) is 2. The van der Waals surface area contributed by atoms with Crippen molar-refractivity contribution in [1.82, 2.24) is 5.32 Å². The quantitative estimate of drug-likeness (QED) is 0.771. The minimum absolute atomic E-state index is 0.208. The Balaban J connectivity index is 2.07. The molecule has 2 nitrogen and oxygen atoms in total. The van der Waals surface area contributed by atoms with E-state index in [-0.39, 0.29) is 12.1 Å². The molecule has 0 fully saturated rings. The third-order valence-corrected chi connectivity index (χ3v) is 3.78. The summed E-state index contributed by atoms with van der Waals surface area (Å²) in [4.78, 5) is 0. The molecule has 0 aromatic heterocycles. The Labute approximate surface area is 128 Å². The molecule has 0 bridgehead atoms. The number of unbranched alkanes of at least 4 members (excludes halogenated alkanes) is 1. The Morgan fingerprint density at radius 2 is 1.43 bits per heavy atom. The molecule has 0 heterocycles. The molecule has 0 saturated carbocycles. The molecule has 2 aromatic rings. The van der Waals surface area contributed by atoms with Gasteiger partial charge < -0.3 is 11.1 Å². The number of rotatable bonds is 8. The summed E-state index contributed by atoms with van der Waals surface area (Å²) in [7, 11) is 0. The van der Waals surface area contributed by atoms with E-state index >= 15 is 0 Å². The van der Waals surface area contributed by atoms with Gasteiger partial charge in [0.1, 0.15) is 0 Å². The molecule has 2 heteroatoms. The average molecular weight is 282 g/mol. The van der Waals surface area contributed by atoms with Crippen LogP contribution in [0.3, 0.4) is 0 Å². The highest BCUT2D eigenvalue weighted by atomic mass is 14.9. The van der Waals surface area contributed by atoms with Crippen molar-refractivity contribution in [2.75, 3.05) is 6.54 Å². The maximum Gasteiger partial charge on any atom is 0.0577 e. The van der Waals surface area contributed by atoms with Gasteiger partial charge in [-0.15, -0.1) is 0 Å². The molecule has 0 aliphatic carbocycles.